The Morgan fingerprint density at radius 3 is 2.88 bits per heavy atom. The summed E-state index contributed by atoms with van der Waals surface area (Å²) in [7, 11) is 0. The van der Waals surface area contributed by atoms with Crippen molar-refractivity contribution in [3.63, 3.8) is 0 Å². The molecule has 92 valence electrons. The number of nitrogens with one attached hydrogen (secondary N) is 1. The lowest BCUT2D eigenvalue weighted by molar-refractivity contribution is 0.533. The summed E-state index contributed by atoms with van der Waals surface area (Å²) < 4.78 is 1.21. The van der Waals surface area contributed by atoms with Gasteiger partial charge in [-0.1, -0.05) is 13.0 Å². The normalized spacial score (nSPS) is 12.8. The van der Waals surface area contributed by atoms with E-state index in [1.54, 1.807) is 11.3 Å². The fraction of sp³-hybridized carbons (Fsp3) is 0.385. The van der Waals surface area contributed by atoms with Crippen LogP contribution in [0, 0.1) is 0 Å². The molecule has 0 bridgehead atoms. The molecule has 0 spiro atoms. The largest absolute Gasteiger partial charge is 0.310 e. The first-order chi connectivity index (χ1) is 8.29. The Labute approximate surface area is 119 Å². The molecule has 0 aliphatic rings. The Morgan fingerprint density at radius 1 is 1.41 bits per heavy atom. The summed E-state index contributed by atoms with van der Waals surface area (Å²) in [6.45, 7) is 3.28. The first kappa shape index (κ1) is 13.3. The van der Waals surface area contributed by atoms with Gasteiger partial charge in [0.1, 0.15) is 0 Å². The summed E-state index contributed by atoms with van der Waals surface area (Å²) in [5, 5.41) is 8.02. The van der Waals surface area contributed by atoms with Gasteiger partial charge in [0, 0.05) is 17.3 Å². The van der Waals surface area contributed by atoms with E-state index in [0.717, 1.165) is 13.0 Å². The van der Waals surface area contributed by atoms with Crippen molar-refractivity contribution >= 4 is 38.6 Å². The van der Waals surface area contributed by atoms with Crippen LogP contribution in [0.15, 0.2) is 32.7 Å². The zero-order valence-electron chi connectivity index (χ0n) is 9.78. The zero-order valence-corrected chi connectivity index (χ0v) is 13.0. The number of halogens is 1. The van der Waals surface area contributed by atoms with E-state index in [9.17, 15) is 0 Å². The van der Waals surface area contributed by atoms with E-state index >= 15 is 0 Å². The van der Waals surface area contributed by atoms with Gasteiger partial charge in [0.2, 0.25) is 0 Å². The molecule has 0 fully saturated rings. The van der Waals surface area contributed by atoms with Crippen molar-refractivity contribution in [2.45, 2.75) is 25.8 Å². The first-order valence-electron chi connectivity index (χ1n) is 5.79. The van der Waals surface area contributed by atoms with E-state index < -0.39 is 0 Å². The van der Waals surface area contributed by atoms with Crippen LogP contribution in [0.5, 0.6) is 0 Å². The SMILES string of the molecule is CCCNC(Cc1cccs1)c1csc(Br)c1. The lowest BCUT2D eigenvalue weighted by Gasteiger charge is -2.16. The number of hydrogen-bond acceptors (Lipinski definition) is 3. The molecular formula is C13H16BrNS2. The third-order valence-electron chi connectivity index (χ3n) is 2.62. The van der Waals surface area contributed by atoms with Gasteiger partial charge in [-0.2, -0.15) is 0 Å². The minimum atomic E-state index is 0.441. The highest BCUT2D eigenvalue weighted by molar-refractivity contribution is 9.11. The Bertz CT molecular complexity index is 436. The smallest absolute Gasteiger partial charge is 0.0701 e. The molecule has 1 unspecified atom stereocenters. The van der Waals surface area contributed by atoms with Crippen LogP contribution in [-0.4, -0.2) is 6.54 Å². The highest BCUT2D eigenvalue weighted by Gasteiger charge is 2.13. The van der Waals surface area contributed by atoms with Gasteiger partial charge in [0.15, 0.2) is 0 Å². The molecule has 2 heterocycles. The van der Waals surface area contributed by atoms with Gasteiger partial charge >= 0.3 is 0 Å². The van der Waals surface area contributed by atoms with Crippen molar-refractivity contribution in [2.24, 2.45) is 0 Å². The van der Waals surface area contributed by atoms with Crippen molar-refractivity contribution in [1.82, 2.24) is 5.32 Å². The summed E-state index contributed by atoms with van der Waals surface area (Å²) in [6.07, 6.45) is 2.26. The topological polar surface area (TPSA) is 12.0 Å². The van der Waals surface area contributed by atoms with E-state index in [4.69, 9.17) is 0 Å². The fourth-order valence-electron chi connectivity index (χ4n) is 1.76. The fourth-order valence-corrected chi connectivity index (χ4v) is 3.74. The minimum Gasteiger partial charge on any atom is -0.310 e. The molecule has 2 rings (SSSR count). The zero-order chi connectivity index (χ0) is 12.1. The number of thiophene rings is 2. The first-order valence-corrected chi connectivity index (χ1v) is 8.34. The summed E-state index contributed by atoms with van der Waals surface area (Å²) in [6, 6.07) is 7.01. The molecule has 4 heteroatoms. The van der Waals surface area contributed by atoms with Gasteiger partial charge in [-0.15, -0.1) is 22.7 Å². The van der Waals surface area contributed by atoms with Crippen LogP contribution in [0.4, 0.5) is 0 Å². The van der Waals surface area contributed by atoms with Crippen molar-refractivity contribution in [3.8, 4) is 0 Å². The minimum absolute atomic E-state index is 0.441. The van der Waals surface area contributed by atoms with Crippen LogP contribution < -0.4 is 5.32 Å². The molecule has 1 N–H and O–H groups in total. The second-order valence-corrected chi connectivity index (χ2v) is 7.30. The number of rotatable bonds is 6. The van der Waals surface area contributed by atoms with Gasteiger partial charge in [-0.25, -0.2) is 0 Å². The maximum Gasteiger partial charge on any atom is 0.0701 e. The lowest BCUT2D eigenvalue weighted by atomic mass is 10.1. The highest BCUT2D eigenvalue weighted by atomic mass is 79.9. The van der Waals surface area contributed by atoms with Crippen molar-refractivity contribution in [2.75, 3.05) is 6.54 Å². The average molecular weight is 330 g/mol. The van der Waals surface area contributed by atoms with Crippen LogP contribution in [0.25, 0.3) is 0 Å². The van der Waals surface area contributed by atoms with Crippen LogP contribution >= 0.6 is 38.6 Å². The molecular weight excluding hydrogens is 314 g/mol. The quantitative estimate of drug-likeness (QED) is 0.798. The molecule has 1 atom stereocenters. The maximum absolute atomic E-state index is 3.63. The predicted molar refractivity (Wildman–Crippen MR) is 81.1 cm³/mol. The van der Waals surface area contributed by atoms with Crippen molar-refractivity contribution in [1.29, 1.82) is 0 Å². The standard InChI is InChI=1S/C13H16BrNS2/c1-2-5-15-12(8-11-4-3-6-16-11)10-7-13(14)17-9-10/h3-4,6-7,9,12,15H,2,5,8H2,1H3. The third-order valence-corrected chi connectivity index (χ3v) is 5.04. The summed E-state index contributed by atoms with van der Waals surface area (Å²) >= 11 is 7.14. The Balaban J connectivity index is 2.07. The van der Waals surface area contributed by atoms with Crippen LogP contribution in [0.2, 0.25) is 0 Å². The van der Waals surface area contributed by atoms with E-state index in [1.165, 1.54) is 20.6 Å². The van der Waals surface area contributed by atoms with Gasteiger partial charge in [-0.3, -0.25) is 0 Å². The molecule has 0 aliphatic carbocycles. The van der Waals surface area contributed by atoms with Gasteiger partial charge < -0.3 is 5.32 Å². The van der Waals surface area contributed by atoms with E-state index in [1.807, 2.05) is 11.3 Å². The summed E-state index contributed by atoms with van der Waals surface area (Å²) in [5.41, 5.74) is 1.39. The number of hydrogen-bond donors (Lipinski definition) is 1. The Morgan fingerprint density at radius 2 is 2.29 bits per heavy atom. The van der Waals surface area contributed by atoms with Gasteiger partial charge in [0.25, 0.3) is 0 Å². The molecule has 17 heavy (non-hydrogen) atoms. The molecule has 2 aromatic rings. The maximum atomic E-state index is 3.63. The lowest BCUT2D eigenvalue weighted by Crippen LogP contribution is -2.23. The Kier molecular flexibility index (Phi) is 5.22. The van der Waals surface area contributed by atoms with Crippen molar-refractivity contribution < 1.29 is 0 Å². The van der Waals surface area contributed by atoms with Gasteiger partial charge in [-0.05, 0) is 57.4 Å². The molecule has 0 saturated heterocycles. The second-order valence-electron chi connectivity index (χ2n) is 3.97. The second kappa shape index (κ2) is 6.69. The van der Waals surface area contributed by atoms with Crippen LogP contribution in [0.1, 0.15) is 29.8 Å². The molecule has 2 aromatic heterocycles. The highest BCUT2D eigenvalue weighted by Crippen LogP contribution is 2.28. The summed E-state index contributed by atoms with van der Waals surface area (Å²) in [5.74, 6) is 0. The third kappa shape index (κ3) is 3.91. The predicted octanol–water partition coefficient (Wildman–Crippen LogP) is 4.86. The van der Waals surface area contributed by atoms with E-state index in [0.29, 0.717) is 6.04 Å². The molecule has 0 amide bonds. The molecule has 0 saturated carbocycles. The van der Waals surface area contributed by atoms with Crippen LogP contribution in [0.3, 0.4) is 0 Å². The summed E-state index contributed by atoms with van der Waals surface area (Å²) in [4.78, 5) is 1.45. The Hall–Kier alpha value is -0.160. The van der Waals surface area contributed by atoms with E-state index in [-0.39, 0.29) is 0 Å². The van der Waals surface area contributed by atoms with E-state index in [2.05, 4.69) is 57.1 Å². The molecule has 0 aliphatic heterocycles. The molecule has 1 nitrogen and oxygen atoms in total. The van der Waals surface area contributed by atoms with Crippen LogP contribution in [-0.2, 0) is 6.42 Å². The molecule has 0 radical (unpaired) electrons. The van der Waals surface area contributed by atoms with Gasteiger partial charge in [0.05, 0.1) is 3.79 Å². The van der Waals surface area contributed by atoms with Crippen molar-refractivity contribution in [3.05, 3.63) is 43.2 Å². The average Bonchev–Trinajstić information content (AvgIpc) is 2.95. The molecule has 0 aromatic carbocycles. The monoisotopic (exact) mass is 329 g/mol.